The van der Waals surface area contributed by atoms with E-state index in [0.29, 0.717) is 22.5 Å². The lowest BCUT2D eigenvalue weighted by molar-refractivity contribution is 0.0899. The third-order valence-electron chi connectivity index (χ3n) is 5.22. The van der Waals surface area contributed by atoms with E-state index >= 15 is 0 Å². The molecule has 2 unspecified atom stereocenters. The molecular weight excluding hydrogens is 350 g/mol. The maximum absolute atomic E-state index is 12.9. The van der Waals surface area contributed by atoms with Gasteiger partial charge >= 0.3 is 0 Å². The average molecular weight is 378 g/mol. The maximum Gasteiger partial charge on any atom is 0.287 e. The van der Waals surface area contributed by atoms with Gasteiger partial charge in [0.05, 0.1) is 5.75 Å². The van der Waals surface area contributed by atoms with Crippen molar-refractivity contribution in [2.75, 3.05) is 6.26 Å². The summed E-state index contributed by atoms with van der Waals surface area (Å²) in [5.41, 5.74) is 1.01. The van der Waals surface area contributed by atoms with Crippen LogP contribution in [-0.4, -0.2) is 26.6 Å². The quantitative estimate of drug-likeness (QED) is 0.789. The van der Waals surface area contributed by atoms with E-state index in [1.807, 2.05) is 12.1 Å². The van der Waals surface area contributed by atoms with Crippen LogP contribution in [0.3, 0.4) is 0 Å². The number of amides is 1. The minimum atomic E-state index is -3.28. The van der Waals surface area contributed by atoms with Gasteiger partial charge in [0.15, 0.2) is 15.6 Å². The van der Waals surface area contributed by atoms with Crippen molar-refractivity contribution in [3.63, 3.8) is 0 Å². The highest BCUT2D eigenvalue weighted by Gasteiger charge is 2.31. The molecule has 1 aromatic heterocycles. The summed E-state index contributed by atoms with van der Waals surface area (Å²) >= 11 is 0. The number of hydrogen-bond donors (Lipinski definition) is 1. The molecular formula is C20H27NO4S. The minimum absolute atomic E-state index is 0.137. The van der Waals surface area contributed by atoms with Crippen LogP contribution in [0.1, 0.15) is 61.6 Å². The number of unbranched alkanes of at least 4 members (excludes halogenated alkanes) is 1. The van der Waals surface area contributed by atoms with Gasteiger partial charge in [-0.2, -0.15) is 0 Å². The summed E-state index contributed by atoms with van der Waals surface area (Å²) in [4.78, 5) is 12.9. The Labute approximate surface area is 155 Å². The Kier molecular flexibility index (Phi) is 5.70. The second-order valence-corrected chi connectivity index (χ2v) is 9.53. The number of fused-ring (bicyclic) bond motifs is 1. The normalized spacial score (nSPS) is 20.5. The van der Waals surface area contributed by atoms with E-state index in [4.69, 9.17) is 4.42 Å². The second kappa shape index (κ2) is 7.82. The summed E-state index contributed by atoms with van der Waals surface area (Å²) in [6.45, 7) is 2.18. The lowest BCUT2D eigenvalue weighted by atomic mass is 9.96. The molecule has 0 aliphatic heterocycles. The first-order valence-electron chi connectivity index (χ1n) is 9.38. The second-order valence-electron chi connectivity index (χ2n) is 7.39. The van der Waals surface area contributed by atoms with Gasteiger partial charge in [-0.3, -0.25) is 4.79 Å². The number of para-hydroxylation sites is 1. The fourth-order valence-electron chi connectivity index (χ4n) is 3.96. The van der Waals surface area contributed by atoms with Gasteiger partial charge < -0.3 is 9.73 Å². The first-order chi connectivity index (χ1) is 12.4. The highest BCUT2D eigenvalue weighted by atomic mass is 32.2. The molecule has 3 rings (SSSR count). The van der Waals surface area contributed by atoms with Gasteiger partial charge in [-0.1, -0.05) is 44.4 Å². The number of nitrogens with one attached hydrogen (secondary N) is 1. The van der Waals surface area contributed by atoms with Crippen molar-refractivity contribution in [3.8, 4) is 0 Å². The molecule has 1 aromatic carbocycles. The van der Waals surface area contributed by atoms with Crippen molar-refractivity contribution in [2.24, 2.45) is 5.92 Å². The number of furan rings is 1. The summed E-state index contributed by atoms with van der Waals surface area (Å²) < 4.78 is 29.5. The van der Waals surface area contributed by atoms with Crippen LogP contribution in [-0.2, 0) is 15.6 Å². The molecule has 0 spiro atoms. The van der Waals surface area contributed by atoms with Gasteiger partial charge in [0.25, 0.3) is 5.91 Å². The fraction of sp³-hybridized carbons (Fsp3) is 0.550. The predicted molar refractivity (Wildman–Crippen MR) is 103 cm³/mol. The Morgan fingerprint density at radius 3 is 2.77 bits per heavy atom. The van der Waals surface area contributed by atoms with Crippen molar-refractivity contribution in [3.05, 3.63) is 35.6 Å². The molecule has 2 aromatic rings. The smallest absolute Gasteiger partial charge is 0.287 e. The number of hydrogen-bond acceptors (Lipinski definition) is 4. The number of carbonyl (C=O) groups is 1. The molecule has 1 aliphatic rings. The van der Waals surface area contributed by atoms with Crippen molar-refractivity contribution in [1.82, 2.24) is 5.32 Å². The molecule has 1 fully saturated rings. The van der Waals surface area contributed by atoms with Gasteiger partial charge in [-0.15, -0.1) is 0 Å². The van der Waals surface area contributed by atoms with E-state index in [0.717, 1.165) is 32.1 Å². The predicted octanol–water partition coefficient (Wildman–Crippen LogP) is 4.07. The van der Waals surface area contributed by atoms with Crippen LogP contribution >= 0.6 is 0 Å². The van der Waals surface area contributed by atoms with Gasteiger partial charge in [-0.05, 0) is 31.2 Å². The number of sulfone groups is 1. The topological polar surface area (TPSA) is 76.4 Å². The van der Waals surface area contributed by atoms with Crippen LogP contribution in [0.2, 0.25) is 0 Å². The average Bonchev–Trinajstić information content (AvgIpc) is 3.16. The Morgan fingerprint density at radius 1 is 1.27 bits per heavy atom. The Balaban J connectivity index is 1.87. The van der Waals surface area contributed by atoms with Crippen molar-refractivity contribution >= 4 is 26.7 Å². The van der Waals surface area contributed by atoms with Crippen molar-refractivity contribution < 1.29 is 17.6 Å². The summed E-state index contributed by atoms with van der Waals surface area (Å²) in [7, 11) is -3.28. The number of rotatable bonds is 7. The summed E-state index contributed by atoms with van der Waals surface area (Å²) in [6.07, 6.45) is 7.85. The van der Waals surface area contributed by atoms with Gasteiger partial charge in [-0.25, -0.2) is 8.42 Å². The molecule has 0 radical (unpaired) electrons. The van der Waals surface area contributed by atoms with Gasteiger partial charge in [0, 0.05) is 23.2 Å². The van der Waals surface area contributed by atoms with E-state index < -0.39 is 9.84 Å². The molecule has 0 saturated heterocycles. The van der Waals surface area contributed by atoms with E-state index in [-0.39, 0.29) is 23.5 Å². The molecule has 1 N–H and O–H groups in total. The molecule has 1 amide bonds. The third kappa shape index (κ3) is 4.29. The Hall–Kier alpha value is -1.82. The van der Waals surface area contributed by atoms with Crippen LogP contribution in [0.5, 0.6) is 0 Å². The highest BCUT2D eigenvalue weighted by molar-refractivity contribution is 7.89. The molecule has 5 nitrogen and oxygen atoms in total. The molecule has 0 bridgehead atoms. The van der Waals surface area contributed by atoms with Crippen LogP contribution in [0.4, 0.5) is 0 Å². The van der Waals surface area contributed by atoms with Crippen LogP contribution in [0, 0.1) is 5.92 Å². The standard InChI is InChI=1S/C20H27NO4S/c1-3-4-8-14-9-7-11-17(14)21-20(22)19-16(13-26(2,23)24)15-10-5-6-12-18(15)25-19/h5-6,10,12,14,17H,3-4,7-9,11,13H2,1-2H3,(H,21,22). The zero-order valence-corrected chi connectivity index (χ0v) is 16.3. The maximum atomic E-state index is 12.9. The van der Waals surface area contributed by atoms with Crippen LogP contribution in [0.25, 0.3) is 11.0 Å². The minimum Gasteiger partial charge on any atom is -0.451 e. The lowest BCUT2D eigenvalue weighted by Gasteiger charge is -2.20. The Morgan fingerprint density at radius 2 is 2.04 bits per heavy atom. The fourth-order valence-corrected chi connectivity index (χ4v) is 4.77. The molecule has 6 heteroatoms. The Bertz CT molecular complexity index is 884. The van der Waals surface area contributed by atoms with E-state index in [1.165, 1.54) is 12.7 Å². The highest BCUT2D eigenvalue weighted by Crippen LogP contribution is 2.32. The largest absolute Gasteiger partial charge is 0.451 e. The first kappa shape index (κ1) is 19.0. The van der Waals surface area contributed by atoms with Gasteiger partial charge in [0.2, 0.25) is 0 Å². The summed E-state index contributed by atoms with van der Waals surface area (Å²) in [5.74, 6) is 0.143. The monoisotopic (exact) mass is 377 g/mol. The van der Waals surface area contributed by atoms with Crippen LogP contribution in [0.15, 0.2) is 28.7 Å². The van der Waals surface area contributed by atoms with E-state index in [9.17, 15) is 13.2 Å². The molecule has 1 heterocycles. The van der Waals surface area contributed by atoms with Crippen molar-refractivity contribution in [1.29, 1.82) is 0 Å². The third-order valence-corrected chi connectivity index (χ3v) is 6.03. The number of carbonyl (C=O) groups excluding carboxylic acids is 1. The lowest BCUT2D eigenvalue weighted by Crippen LogP contribution is -2.37. The number of benzene rings is 1. The zero-order chi connectivity index (χ0) is 18.7. The van der Waals surface area contributed by atoms with Crippen LogP contribution < -0.4 is 5.32 Å². The molecule has 26 heavy (non-hydrogen) atoms. The molecule has 1 saturated carbocycles. The SMILES string of the molecule is CCCCC1CCCC1NC(=O)c1oc2ccccc2c1CS(C)(=O)=O. The molecule has 1 aliphatic carbocycles. The van der Waals surface area contributed by atoms with E-state index in [2.05, 4.69) is 12.2 Å². The van der Waals surface area contributed by atoms with E-state index in [1.54, 1.807) is 12.1 Å². The summed E-state index contributed by atoms with van der Waals surface area (Å²) in [6, 6.07) is 7.35. The van der Waals surface area contributed by atoms with Crippen molar-refractivity contribution in [2.45, 2.75) is 57.2 Å². The zero-order valence-electron chi connectivity index (χ0n) is 15.5. The molecule has 142 valence electrons. The van der Waals surface area contributed by atoms with Gasteiger partial charge in [0.1, 0.15) is 5.58 Å². The molecule has 2 atom stereocenters. The first-order valence-corrected chi connectivity index (χ1v) is 11.4. The summed E-state index contributed by atoms with van der Waals surface area (Å²) in [5, 5.41) is 3.81.